The number of fused-ring (bicyclic) bond motifs is 3. The van der Waals surface area contributed by atoms with Crippen LogP contribution in [0.15, 0.2) is 199 Å². The molecule has 0 aliphatic carbocycles. The standard InChI is InChI=1S/C50H32N4O/c1-5-15-33(16-6-1)43-32-46(52-49(51-43)36-21-11-4-12-22-36)38-26-27-39(37-25-28-41-40-23-13-14-24-47(40)55-48(41)30-37)42(29-38)50-53-44(34-17-7-2-8-18-34)31-45(54-50)35-19-9-3-10-20-35/h1-32H. The maximum absolute atomic E-state index is 6.37. The number of aromatic nitrogens is 4. The van der Waals surface area contributed by atoms with Gasteiger partial charge in [0.1, 0.15) is 11.2 Å². The SMILES string of the molecule is c1ccc(-c2cc(-c3ccc(-c4ccc5c(c4)oc4ccccc45)c(-c4nc(-c5ccccc5)cc(-c5ccccc5)n4)c3)nc(-c3ccccc3)n2)cc1. The van der Waals surface area contributed by atoms with Crippen molar-refractivity contribution in [3.05, 3.63) is 194 Å². The third-order valence-corrected chi connectivity index (χ3v) is 9.94. The molecule has 3 aromatic heterocycles. The molecular weight excluding hydrogens is 673 g/mol. The Bertz CT molecular complexity index is 2850. The fourth-order valence-electron chi connectivity index (χ4n) is 7.18. The van der Waals surface area contributed by atoms with Gasteiger partial charge < -0.3 is 4.42 Å². The molecule has 0 saturated carbocycles. The Kier molecular flexibility index (Phi) is 8.08. The second kappa shape index (κ2) is 13.8. The van der Waals surface area contributed by atoms with Gasteiger partial charge in [-0.05, 0) is 47.5 Å². The number of furan rings is 1. The number of rotatable bonds is 7. The van der Waals surface area contributed by atoms with E-state index >= 15 is 0 Å². The third kappa shape index (κ3) is 6.24. The van der Waals surface area contributed by atoms with Crippen molar-refractivity contribution in [2.75, 3.05) is 0 Å². The van der Waals surface area contributed by atoms with Crippen molar-refractivity contribution in [3.8, 4) is 78.9 Å². The van der Waals surface area contributed by atoms with Crippen LogP contribution in [0, 0.1) is 0 Å². The summed E-state index contributed by atoms with van der Waals surface area (Å²) in [5.41, 5.74) is 12.8. The third-order valence-electron chi connectivity index (χ3n) is 9.94. The van der Waals surface area contributed by atoms with Crippen molar-refractivity contribution in [3.63, 3.8) is 0 Å². The molecule has 0 unspecified atom stereocenters. The molecule has 5 nitrogen and oxygen atoms in total. The first kappa shape index (κ1) is 32.2. The predicted molar refractivity (Wildman–Crippen MR) is 223 cm³/mol. The van der Waals surface area contributed by atoms with Crippen molar-refractivity contribution in [1.82, 2.24) is 19.9 Å². The predicted octanol–water partition coefficient (Wildman–Crippen LogP) is 12.8. The maximum Gasteiger partial charge on any atom is 0.161 e. The highest BCUT2D eigenvalue weighted by atomic mass is 16.3. The Morgan fingerprint density at radius 2 is 0.727 bits per heavy atom. The summed E-state index contributed by atoms with van der Waals surface area (Å²) < 4.78 is 6.37. The van der Waals surface area contributed by atoms with Crippen molar-refractivity contribution in [2.24, 2.45) is 0 Å². The summed E-state index contributed by atoms with van der Waals surface area (Å²) in [5.74, 6) is 1.27. The minimum absolute atomic E-state index is 0.613. The van der Waals surface area contributed by atoms with Crippen LogP contribution in [-0.2, 0) is 0 Å². The fourth-order valence-corrected chi connectivity index (χ4v) is 7.18. The van der Waals surface area contributed by atoms with Gasteiger partial charge in [-0.1, -0.05) is 158 Å². The summed E-state index contributed by atoms with van der Waals surface area (Å²) in [6, 6.07) is 66.1. The van der Waals surface area contributed by atoms with E-state index in [9.17, 15) is 0 Å². The van der Waals surface area contributed by atoms with Crippen LogP contribution in [-0.4, -0.2) is 19.9 Å². The Balaban J connectivity index is 1.22. The van der Waals surface area contributed by atoms with Crippen LogP contribution < -0.4 is 0 Å². The first-order valence-electron chi connectivity index (χ1n) is 18.3. The number of nitrogens with zero attached hydrogens (tertiary/aromatic N) is 4. The van der Waals surface area contributed by atoms with E-state index in [1.54, 1.807) is 0 Å². The van der Waals surface area contributed by atoms with Crippen LogP contribution >= 0.6 is 0 Å². The Labute approximate surface area is 318 Å². The van der Waals surface area contributed by atoms with E-state index in [1.807, 2.05) is 103 Å². The van der Waals surface area contributed by atoms with E-state index < -0.39 is 0 Å². The highest BCUT2D eigenvalue weighted by molar-refractivity contribution is 6.06. The van der Waals surface area contributed by atoms with Crippen molar-refractivity contribution in [1.29, 1.82) is 0 Å². The average molecular weight is 705 g/mol. The summed E-state index contributed by atoms with van der Waals surface area (Å²) in [7, 11) is 0. The lowest BCUT2D eigenvalue weighted by Gasteiger charge is -2.15. The highest BCUT2D eigenvalue weighted by Crippen LogP contribution is 2.39. The van der Waals surface area contributed by atoms with Crippen molar-refractivity contribution in [2.45, 2.75) is 0 Å². The van der Waals surface area contributed by atoms with Gasteiger partial charge in [-0.2, -0.15) is 0 Å². The minimum Gasteiger partial charge on any atom is -0.456 e. The second-order valence-corrected chi connectivity index (χ2v) is 13.5. The molecule has 0 atom stereocenters. The normalized spacial score (nSPS) is 11.3. The molecule has 0 aliphatic heterocycles. The fraction of sp³-hybridized carbons (Fsp3) is 0. The van der Waals surface area contributed by atoms with Gasteiger partial charge in [0.15, 0.2) is 11.6 Å². The first-order valence-corrected chi connectivity index (χ1v) is 18.3. The summed E-state index contributed by atoms with van der Waals surface area (Å²) in [5, 5.41) is 2.17. The monoisotopic (exact) mass is 704 g/mol. The van der Waals surface area contributed by atoms with Gasteiger partial charge in [-0.3, -0.25) is 0 Å². The summed E-state index contributed by atoms with van der Waals surface area (Å²) >= 11 is 0. The quantitative estimate of drug-likeness (QED) is 0.165. The van der Waals surface area contributed by atoms with E-state index in [2.05, 4.69) is 91.0 Å². The van der Waals surface area contributed by atoms with Crippen LogP contribution in [0.4, 0.5) is 0 Å². The van der Waals surface area contributed by atoms with Crippen LogP contribution in [0.1, 0.15) is 0 Å². The molecular formula is C50H32N4O. The molecule has 10 rings (SSSR count). The molecule has 5 heteroatoms. The molecule has 55 heavy (non-hydrogen) atoms. The molecule has 7 aromatic carbocycles. The van der Waals surface area contributed by atoms with Crippen molar-refractivity contribution >= 4 is 21.9 Å². The van der Waals surface area contributed by atoms with Gasteiger partial charge in [0, 0.05) is 44.2 Å². The number of hydrogen-bond donors (Lipinski definition) is 0. The molecule has 0 bridgehead atoms. The smallest absolute Gasteiger partial charge is 0.161 e. The van der Waals surface area contributed by atoms with Gasteiger partial charge in [-0.25, -0.2) is 19.9 Å². The largest absolute Gasteiger partial charge is 0.456 e. The molecule has 0 N–H and O–H groups in total. The number of benzene rings is 7. The molecule has 3 heterocycles. The van der Waals surface area contributed by atoms with Gasteiger partial charge in [0.2, 0.25) is 0 Å². The minimum atomic E-state index is 0.613. The first-order chi connectivity index (χ1) is 27.2. The van der Waals surface area contributed by atoms with E-state index in [4.69, 9.17) is 24.4 Å². The van der Waals surface area contributed by atoms with Crippen LogP contribution in [0.3, 0.4) is 0 Å². The summed E-state index contributed by atoms with van der Waals surface area (Å²) in [4.78, 5) is 20.8. The average Bonchev–Trinajstić information content (AvgIpc) is 3.65. The summed E-state index contributed by atoms with van der Waals surface area (Å²) in [6.45, 7) is 0. The molecule has 10 aromatic rings. The van der Waals surface area contributed by atoms with Crippen molar-refractivity contribution < 1.29 is 4.42 Å². The highest BCUT2D eigenvalue weighted by Gasteiger charge is 2.19. The molecule has 0 spiro atoms. The topological polar surface area (TPSA) is 64.7 Å². The van der Waals surface area contributed by atoms with E-state index in [0.717, 1.165) is 89.2 Å². The van der Waals surface area contributed by atoms with Crippen LogP contribution in [0.5, 0.6) is 0 Å². The van der Waals surface area contributed by atoms with Gasteiger partial charge >= 0.3 is 0 Å². The zero-order valence-electron chi connectivity index (χ0n) is 29.7. The maximum atomic E-state index is 6.37. The number of hydrogen-bond acceptors (Lipinski definition) is 5. The Morgan fingerprint density at radius 3 is 1.31 bits per heavy atom. The molecule has 0 fully saturated rings. The Morgan fingerprint density at radius 1 is 0.273 bits per heavy atom. The zero-order valence-corrected chi connectivity index (χ0v) is 29.7. The van der Waals surface area contributed by atoms with E-state index in [1.165, 1.54) is 0 Å². The van der Waals surface area contributed by atoms with Crippen LogP contribution in [0.25, 0.3) is 101 Å². The lowest BCUT2D eigenvalue weighted by Crippen LogP contribution is -1.99. The van der Waals surface area contributed by atoms with Gasteiger partial charge in [0.05, 0.1) is 22.8 Å². The molecule has 0 amide bonds. The molecule has 0 saturated heterocycles. The van der Waals surface area contributed by atoms with E-state index in [-0.39, 0.29) is 0 Å². The van der Waals surface area contributed by atoms with Gasteiger partial charge in [-0.15, -0.1) is 0 Å². The lowest BCUT2D eigenvalue weighted by molar-refractivity contribution is 0.669. The number of para-hydroxylation sites is 1. The second-order valence-electron chi connectivity index (χ2n) is 13.5. The lowest BCUT2D eigenvalue weighted by atomic mass is 9.94. The van der Waals surface area contributed by atoms with Gasteiger partial charge in [0.25, 0.3) is 0 Å². The molecule has 0 radical (unpaired) electrons. The van der Waals surface area contributed by atoms with E-state index in [0.29, 0.717) is 11.6 Å². The Hall–Kier alpha value is -7.50. The molecule has 0 aliphatic rings. The zero-order chi connectivity index (χ0) is 36.6. The van der Waals surface area contributed by atoms with Crippen LogP contribution in [0.2, 0.25) is 0 Å². The summed E-state index contributed by atoms with van der Waals surface area (Å²) in [6.07, 6.45) is 0. The molecule has 258 valence electrons.